The van der Waals surface area contributed by atoms with Gasteiger partial charge in [-0.3, -0.25) is 4.79 Å². The van der Waals surface area contributed by atoms with Gasteiger partial charge in [-0.05, 0) is 43.0 Å². The maximum atomic E-state index is 12.4. The summed E-state index contributed by atoms with van der Waals surface area (Å²) < 4.78 is 3.92. The third-order valence-electron chi connectivity index (χ3n) is 5.79. The first-order chi connectivity index (χ1) is 13.2. The molecule has 0 saturated heterocycles. The summed E-state index contributed by atoms with van der Waals surface area (Å²) in [4.78, 5) is 12.4. The van der Waals surface area contributed by atoms with Crippen LogP contribution in [0.4, 0.5) is 5.82 Å². The fourth-order valence-corrected chi connectivity index (χ4v) is 4.39. The molecule has 1 amide bonds. The van der Waals surface area contributed by atoms with E-state index < -0.39 is 0 Å². The Morgan fingerprint density at radius 3 is 2.81 bits per heavy atom. The SMILES string of the molecule is Cc1cccc(-n2cc([C@@H]3CC(=O)Nc4c3cnn4C3CCCC3)cn2)c1. The van der Waals surface area contributed by atoms with Crippen molar-refractivity contribution < 1.29 is 4.79 Å². The standard InChI is InChI=1S/C21H23N5O/c1-14-5-4-8-17(9-14)25-13-15(11-22-25)18-10-20(27)24-21-19(18)12-23-26(21)16-6-2-3-7-16/h4-5,8-9,11-13,16,18H,2-3,6-7,10H2,1H3,(H,24,27)/t18-/m0/s1. The van der Waals surface area contributed by atoms with Crippen LogP contribution >= 0.6 is 0 Å². The van der Waals surface area contributed by atoms with Crippen molar-refractivity contribution >= 4 is 11.7 Å². The van der Waals surface area contributed by atoms with Crippen molar-refractivity contribution in [3.8, 4) is 5.69 Å². The fourth-order valence-electron chi connectivity index (χ4n) is 4.39. The third-order valence-corrected chi connectivity index (χ3v) is 5.79. The monoisotopic (exact) mass is 361 g/mol. The molecule has 0 bridgehead atoms. The molecule has 2 aromatic heterocycles. The maximum Gasteiger partial charge on any atom is 0.226 e. The molecule has 1 saturated carbocycles. The van der Waals surface area contributed by atoms with Gasteiger partial charge in [-0.1, -0.05) is 25.0 Å². The molecule has 5 rings (SSSR count). The van der Waals surface area contributed by atoms with E-state index in [0.29, 0.717) is 12.5 Å². The van der Waals surface area contributed by atoms with Gasteiger partial charge >= 0.3 is 0 Å². The Morgan fingerprint density at radius 1 is 1.15 bits per heavy atom. The van der Waals surface area contributed by atoms with Gasteiger partial charge in [0.05, 0.1) is 24.1 Å². The van der Waals surface area contributed by atoms with Crippen molar-refractivity contribution in [2.75, 3.05) is 5.32 Å². The van der Waals surface area contributed by atoms with Crippen molar-refractivity contribution in [1.29, 1.82) is 0 Å². The van der Waals surface area contributed by atoms with Gasteiger partial charge in [0.2, 0.25) is 5.91 Å². The van der Waals surface area contributed by atoms with Crippen LogP contribution in [0.3, 0.4) is 0 Å². The topological polar surface area (TPSA) is 64.7 Å². The van der Waals surface area contributed by atoms with E-state index in [1.807, 2.05) is 40.1 Å². The van der Waals surface area contributed by atoms with E-state index in [-0.39, 0.29) is 11.8 Å². The van der Waals surface area contributed by atoms with Gasteiger partial charge in [-0.2, -0.15) is 10.2 Å². The lowest BCUT2D eigenvalue weighted by molar-refractivity contribution is -0.116. The van der Waals surface area contributed by atoms with E-state index in [1.165, 1.54) is 18.4 Å². The number of hydrogen-bond acceptors (Lipinski definition) is 3. The summed E-state index contributed by atoms with van der Waals surface area (Å²) in [6, 6.07) is 8.66. The summed E-state index contributed by atoms with van der Waals surface area (Å²) in [5, 5.41) is 12.2. The van der Waals surface area contributed by atoms with Gasteiger partial charge in [0.15, 0.2) is 0 Å². The molecule has 3 aromatic rings. The smallest absolute Gasteiger partial charge is 0.226 e. The molecule has 1 atom stereocenters. The Balaban J connectivity index is 1.51. The van der Waals surface area contributed by atoms with Gasteiger partial charge in [0.25, 0.3) is 0 Å². The minimum atomic E-state index is 0.00228. The Labute approximate surface area is 158 Å². The first-order valence-corrected chi connectivity index (χ1v) is 9.68. The second kappa shape index (κ2) is 6.37. The van der Waals surface area contributed by atoms with Gasteiger partial charge in [-0.25, -0.2) is 9.36 Å². The number of benzene rings is 1. The average molecular weight is 361 g/mol. The van der Waals surface area contributed by atoms with Gasteiger partial charge < -0.3 is 5.32 Å². The summed E-state index contributed by atoms with van der Waals surface area (Å²) in [6.45, 7) is 2.07. The molecule has 1 aromatic carbocycles. The van der Waals surface area contributed by atoms with Crippen LogP contribution in [0.2, 0.25) is 0 Å². The van der Waals surface area contributed by atoms with Crippen LogP contribution in [0, 0.1) is 6.92 Å². The van der Waals surface area contributed by atoms with Crippen molar-refractivity contribution in [2.24, 2.45) is 0 Å². The van der Waals surface area contributed by atoms with E-state index in [1.54, 1.807) is 0 Å². The minimum absolute atomic E-state index is 0.00228. The lowest BCUT2D eigenvalue weighted by Gasteiger charge is -2.24. The minimum Gasteiger partial charge on any atom is -0.311 e. The number of rotatable bonds is 3. The van der Waals surface area contributed by atoms with Gasteiger partial charge in [0.1, 0.15) is 5.82 Å². The summed E-state index contributed by atoms with van der Waals surface area (Å²) in [7, 11) is 0. The molecule has 6 heteroatoms. The Hall–Kier alpha value is -2.89. The number of aromatic nitrogens is 4. The zero-order chi connectivity index (χ0) is 18.4. The van der Waals surface area contributed by atoms with E-state index in [9.17, 15) is 4.79 Å². The highest BCUT2D eigenvalue weighted by Crippen LogP contribution is 2.40. The number of anilines is 1. The largest absolute Gasteiger partial charge is 0.311 e. The van der Waals surface area contributed by atoms with Crippen LogP contribution in [-0.2, 0) is 4.79 Å². The Kier molecular flexibility index (Phi) is 3.85. The molecule has 1 aliphatic carbocycles. The predicted molar refractivity (Wildman–Crippen MR) is 103 cm³/mol. The number of nitrogens with one attached hydrogen (secondary N) is 1. The lowest BCUT2D eigenvalue weighted by Crippen LogP contribution is -2.25. The summed E-state index contributed by atoms with van der Waals surface area (Å²) in [5.74, 6) is 0.935. The molecule has 0 unspecified atom stereocenters. The quantitative estimate of drug-likeness (QED) is 0.768. The summed E-state index contributed by atoms with van der Waals surface area (Å²) in [5.41, 5.74) is 4.38. The highest BCUT2D eigenvalue weighted by Gasteiger charge is 2.33. The Morgan fingerprint density at radius 2 is 2.00 bits per heavy atom. The number of hydrogen-bond donors (Lipinski definition) is 1. The van der Waals surface area contributed by atoms with Crippen LogP contribution in [0.1, 0.15) is 60.8 Å². The molecule has 27 heavy (non-hydrogen) atoms. The molecular weight excluding hydrogens is 338 g/mol. The van der Waals surface area contributed by atoms with Crippen molar-refractivity contribution in [2.45, 2.75) is 51.0 Å². The van der Waals surface area contributed by atoms with Crippen LogP contribution in [0.15, 0.2) is 42.9 Å². The molecule has 1 aliphatic heterocycles. The van der Waals surface area contributed by atoms with E-state index in [0.717, 1.165) is 35.5 Å². The van der Waals surface area contributed by atoms with Crippen LogP contribution < -0.4 is 5.32 Å². The number of aryl methyl sites for hydroxylation is 1. The zero-order valence-corrected chi connectivity index (χ0v) is 15.4. The number of amides is 1. The highest BCUT2D eigenvalue weighted by molar-refractivity contribution is 5.94. The van der Waals surface area contributed by atoms with E-state index in [2.05, 4.69) is 34.6 Å². The number of fused-ring (bicyclic) bond motifs is 1. The summed E-state index contributed by atoms with van der Waals surface area (Å²) >= 11 is 0. The second-order valence-corrected chi connectivity index (χ2v) is 7.69. The third kappa shape index (κ3) is 2.85. The molecule has 3 heterocycles. The predicted octanol–water partition coefficient (Wildman–Crippen LogP) is 3.97. The molecule has 138 valence electrons. The maximum absolute atomic E-state index is 12.4. The molecule has 0 radical (unpaired) electrons. The first kappa shape index (κ1) is 16.3. The first-order valence-electron chi connectivity index (χ1n) is 9.68. The van der Waals surface area contributed by atoms with Crippen molar-refractivity contribution in [3.63, 3.8) is 0 Å². The van der Waals surface area contributed by atoms with Gasteiger partial charge in [-0.15, -0.1) is 0 Å². The zero-order valence-electron chi connectivity index (χ0n) is 15.4. The van der Waals surface area contributed by atoms with Crippen LogP contribution in [0.5, 0.6) is 0 Å². The molecule has 2 aliphatic rings. The molecule has 6 nitrogen and oxygen atoms in total. The number of carbonyl (C=O) groups is 1. The second-order valence-electron chi connectivity index (χ2n) is 7.69. The summed E-state index contributed by atoms with van der Waals surface area (Å²) in [6.07, 6.45) is 11.0. The molecule has 0 spiro atoms. The van der Waals surface area contributed by atoms with Crippen LogP contribution in [-0.4, -0.2) is 25.5 Å². The van der Waals surface area contributed by atoms with E-state index in [4.69, 9.17) is 0 Å². The normalized spacial score (nSPS) is 19.9. The van der Waals surface area contributed by atoms with Crippen LogP contribution in [0.25, 0.3) is 5.69 Å². The number of carbonyl (C=O) groups excluding carboxylic acids is 1. The molecule has 1 fully saturated rings. The lowest BCUT2D eigenvalue weighted by atomic mass is 9.89. The fraction of sp³-hybridized carbons (Fsp3) is 0.381. The highest BCUT2D eigenvalue weighted by atomic mass is 16.1. The molecular formula is C21H23N5O. The van der Waals surface area contributed by atoms with Crippen molar-refractivity contribution in [1.82, 2.24) is 19.6 Å². The number of nitrogens with zero attached hydrogens (tertiary/aromatic N) is 4. The Bertz CT molecular complexity index is 996. The average Bonchev–Trinajstić information content (AvgIpc) is 3.40. The van der Waals surface area contributed by atoms with Gasteiger partial charge in [0, 0.05) is 24.1 Å². The van der Waals surface area contributed by atoms with E-state index >= 15 is 0 Å². The van der Waals surface area contributed by atoms with Crippen molar-refractivity contribution in [3.05, 3.63) is 59.5 Å². The molecule has 1 N–H and O–H groups in total.